The van der Waals surface area contributed by atoms with Gasteiger partial charge in [0.05, 0.1) is 16.7 Å². The second-order valence-electron chi connectivity index (χ2n) is 7.31. The molecule has 0 saturated heterocycles. The van der Waals surface area contributed by atoms with Crippen molar-refractivity contribution in [1.82, 2.24) is 4.90 Å². The minimum Gasteiger partial charge on any atom is -0.456 e. The lowest BCUT2D eigenvalue weighted by atomic mass is 10.1. The number of nitrogens with one attached hydrogen (secondary N) is 1. The Balaban J connectivity index is 1.55. The van der Waals surface area contributed by atoms with Gasteiger partial charge in [-0.1, -0.05) is 12.1 Å². The quantitative estimate of drug-likeness (QED) is 0.649. The second-order valence-corrected chi connectivity index (χ2v) is 7.31. The molecule has 0 radical (unpaired) electrons. The first kappa shape index (κ1) is 18.6. The normalized spacial score (nSPS) is 13.5. The van der Waals surface area contributed by atoms with Crippen molar-refractivity contribution in [3.05, 3.63) is 65.2 Å². The molecular weight excluding hydrogens is 344 g/mol. The number of carbonyl (C=O) groups is 3. The van der Waals surface area contributed by atoms with Crippen LogP contribution in [-0.4, -0.2) is 41.4 Å². The summed E-state index contributed by atoms with van der Waals surface area (Å²) in [5, 5.41) is 3.16. The van der Waals surface area contributed by atoms with Gasteiger partial charge >= 0.3 is 5.97 Å². The predicted molar refractivity (Wildman–Crippen MR) is 102 cm³/mol. The molecule has 2 aromatic rings. The van der Waals surface area contributed by atoms with Crippen LogP contribution < -0.4 is 5.32 Å². The number of benzene rings is 2. The van der Waals surface area contributed by atoms with Gasteiger partial charge in [0.1, 0.15) is 5.60 Å². The Morgan fingerprint density at radius 2 is 1.52 bits per heavy atom. The summed E-state index contributed by atoms with van der Waals surface area (Å²) >= 11 is 0. The number of imide groups is 1. The molecule has 1 heterocycles. The highest BCUT2D eigenvalue weighted by atomic mass is 16.6. The zero-order valence-corrected chi connectivity index (χ0v) is 15.6. The molecule has 0 bridgehead atoms. The average Bonchev–Trinajstić information content (AvgIpc) is 2.86. The van der Waals surface area contributed by atoms with Crippen LogP contribution in [0.15, 0.2) is 48.5 Å². The molecule has 140 valence electrons. The summed E-state index contributed by atoms with van der Waals surface area (Å²) in [5.74, 6) is -0.907. The molecule has 6 heteroatoms. The Hall–Kier alpha value is -3.15. The van der Waals surface area contributed by atoms with E-state index in [1.54, 1.807) is 48.5 Å². The number of rotatable bonds is 5. The molecule has 6 nitrogen and oxygen atoms in total. The Labute approximate surface area is 158 Å². The highest BCUT2D eigenvalue weighted by Gasteiger charge is 2.34. The van der Waals surface area contributed by atoms with Gasteiger partial charge in [0.15, 0.2) is 0 Å². The van der Waals surface area contributed by atoms with E-state index in [9.17, 15) is 14.4 Å². The molecule has 2 amide bonds. The molecular formula is C21H22N2O4. The Kier molecular flexibility index (Phi) is 4.99. The number of hydrogen-bond acceptors (Lipinski definition) is 5. The van der Waals surface area contributed by atoms with Gasteiger partial charge in [0.2, 0.25) is 0 Å². The van der Waals surface area contributed by atoms with Crippen molar-refractivity contribution in [2.75, 3.05) is 18.4 Å². The third-order valence-electron chi connectivity index (χ3n) is 4.06. The van der Waals surface area contributed by atoms with Gasteiger partial charge in [-0.3, -0.25) is 14.5 Å². The summed E-state index contributed by atoms with van der Waals surface area (Å²) in [6.07, 6.45) is 0. The average molecular weight is 366 g/mol. The van der Waals surface area contributed by atoms with E-state index in [2.05, 4.69) is 5.32 Å². The van der Waals surface area contributed by atoms with Crippen LogP contribution in [0.25, 0.3) is 0 Å². The number of nitrogens with zero attached hydrogens (tertiary/aromatic N) is 1. The van der Waals surface area contributed by atoms with E-state index in [0.29, 0.717) is 23.2 Å². The van der Waals surface area contributed by atoms with Gasteiger partial charge in [-0.05, 0) is 57.2 Å². The number of anilines is 1. The van der Waals surface area contributed by atoms with Crippen LogP contribution in [0.3, 0.4) is 0 Å². The lowest BCUT2D eigenvalue weighted by Crippen LogP contribution is -2.34. The Morgan fingerprint density at radius 1 is 0.963 bits per heavy atom. The van der Waals surface area contributed by atoms with Crippen LogP contribution in [0.5, 0.6) is 0 Å². The van der Waals surface area contributed by atoms with Crippen molar-refractivity contribution >= 4 is 23.5 Å². The van der Waals surface area contributed by atoms with E-state index in [-0.39, 0.29) is 24.3 Å². The summed E-state index contributed by atoms with van der Waals surface area (Å²) in [6.45, 7) is 6.14. The third kappa shape index (κ3) is 4.16. The molecule has 0 saturated carbocycles. The fraction of sp³-hybridized carbons (Fsp3) is 0.286. The van der Waals surface area contributed by atoms with Crippen molar-refractivity contribution in [1.29, 1.82) is 0 Å². The summed E-state index contributed by atoms with van der Waals surface area (Å²) in [6, 6.07) is 13.7. The van der Waals surface area contributed by atoms with E-state index in [0.717, 1.165) is 5.69 Å². The van der Waals surface area contributed by atoms with Gasteiger partial charge in [-0.2, -0.15) is 0 Å². The van der Waals surface area contributed by atoms with Crippen molar-refractivity contribution in [2.45, 2.75) is 26.4 Å². The van der Waals surface area contributed by atoms with Crippen LogP contribution in [0, 0.1) is 0 Å². The van der Waals surface area contributed by atoms with Gasteiger partial charge in [0, 0.05) is 18.8 Å². The van der Waals surface area contributed by atoms with E-state index in [1.807, 2.05) is 20.8 Å². The first-order valence-electron chi connectivity index (χ1n) is 8.79. The summed E-state index contributed by atoms with van der Waals surface area (Å²) in [5.41, 5.74) is 1.61. The SMILES string of the molecule is CC(C)(C)OC(=O)c1ccc(NCCN2C(=O)c3ccccc3C2=O)cc1. The fourth-order valence-electron chi connectivity index (χ4n) is 2.82. The zero-order valence-electron chi connectivity index (χ0n) is 15.6. The van der Waals surface area contributed by atoms with E-state index in [4.69, 9.17) is 4.74 Å². The van der Waals surface area contributed by atoms with Crippen molar-refractivity contribution in [3.63, 3.8) is 0 Å². The van der Waals surface area contributed by atoms with E-state index in [1.165, 1.54) is 4.90 Å². The smallest absolute Gasteiger partial charge is 0.338 e. The standard InChI is InChI=1S/C21H22N2O4/c1-21(2,3)27-20(26)14-8-10-15(11-9-14)22-12-13-23-18(24)16-6-4-5-7-17(16)19(23)25/h4-11,22H,12-13H2,1-3H3. The molecule has 0 spiro atoms. The molecule has 2 aromatic carbocycles. The fourth-order valence-corrected chi connectivity index (χ4v) is 2.82. The Bertz CT molecular complexity index is 847. The minimum atomic E-state index is -0.541. The van der Waals surface area contributed by atoms with Crippen molar-refractivity contribution in [2.24, 2.45) is 0 Å². The van der Waals surface area contributed by atoms with Gasteiger partial charge in [-0.15, -0.1) is 0 Å². The Morgan fingerprint density at radius 3 is 2.04 bits per heavy atom. The molecule has 0 fully saturated rings. The topological polar surface area (TPSA) is 75.7 Å². The van der Waals surface area contributed by atoms with E-state index >= 15 is 0 Å². The summed E-state index contributed by atoms with van der Waals surface area (Å²) in [4.78, 5) is 37.9. The number of ether oxygens (including phenoxy) is 1. The first-order valence-corrected chi connectivity index (χ1v) is 8.79. The van der Waals surface area contributed by atoms with Gasteiger partial charge < -0.3 is 10.1 Å². The third-order valence-corrected chi connectivity index (χ3v) is 4.06. The number of hydrogen-bond donors (Lipinski definition) is 1. The van der Waals surface area contributed by atoms with Crippen LogP contribution in [0.2, 0.25) is 0 Å². The maximum Gasteiger partial charge on any atom is 0.338 e. The van der Waals surface area contributed by atoms with Crippen LogP contribution >= 0.6 is 0 Å². The largest absolute Gasteiger partial charge is 0.456 e. The summed E-state index contributed by atoms with van der Waals surface area (Å²) in [7, 11) is 0. The molecule has 1 aliphatic rings. The molecule has 0 aromatic heterocycles. The molecule has 27 heavy (non-hydrogen) atoms. The minimum absolute atomic E-state index is 0.264. The van der Waals surface area contributed by atoms with Gasteiger partial charge in [0.25, 0.3) is 11.8 Å². The van der Waals surface area contributed by atoms with E-state index < -0.39 is 5.60 Å². The molecule has 1 N–H and O–H groups in total. The zero-order chi connectivity index (χ0) is 19.6. The number of amides is 2. The number of esters is 1. The van der Waals surface area contributed by atoms with Gasteiger partial charge in [-0.25, -0.2) is 4.79 Å². The van der Waals surface area contributed by atoms with Crippen LogP contribution in [-0.2, 0) is 4.74 Å². The summed E-state index contributed by atoms with van der Waals surface area (Å²) < 4.78 is 5.33. The molecule has 3 rings (SSSR count). The number of carbonyl (C=O) groups excluding carboxylic acids is 3. The lowest BCUT2D eigenvalue weighted by Gasteiger charge is -2.19. The van der Waals surface area contributed by atoms with Crippen LogP contribution in [0.1, 0.15) is 51.8 Å². The van der Waals surface area contributed by atoms with Crippen molar-refractivity contribution in [3.8, 4) is 0 Å². The predicted octanol–water partition coefficient (Wildman–Crippen LogP) is 3.35. The lowest BCUT2D eigenvalue weighted by molar-refractivity contribution is 0.00692. The maximum absolute atomic E-state index is 12.3. The molecule has 0 atom stereocenters. The molecule has 1 aliphatic heterocycles. The van der Waals surface area contributed by atoms with Crippen molar-refractivity contribution < 1.29 is 19.1 Å². The maximum atomic E-state index is 12.3. The first-order chi connectivity index (χ1) is 12.8. The van der Waals surface area contributed by atoms with Crippen LogP contribution in [0.4, 0.5) is 5.69 Å². The molecule has 0 aliphatic carbocycles. The highest BCUT2D eigenvalue weighted by Crippen LogP contribution is 2.22. The highest BCUT2D eigenvalue weighted by molar-refractivity contribution is 6.21. The monoisotopic (exact) mass is 366 g/mol. The second kappa shape index (κ2) is 7.23. The number of fused-ring (bicyclic) bond motifs is 1. The molecule has 0 unspecified atom stereocenters.